The van der Waals surface area contributed by atoms with E-state index in [9.17, 15) is 9.90 Å². The van der Waals surface area contributed by atoms with Crippen LogP contribution in [-0.2, 0) is 4.79 Å². The van der Waals surface area contributed by atoms with E-state index in [0.29, 0.717) is 29.7 Å². The number of hydrogen-bond acceptors (Lipinski definition) is 4. The van der Waals surface area contributed by atoms with E-state index in [4.69, 9.17) is 4.52 Å². The molecule has 2 N–H and O–H groups in total. The number of nitrogens with zero attached hydrogens (tertiary/aromatic N) is 1. The van der Waals surface area contributed by atoms with Crippen molar-refractivity contribution in [2.24, 2.45) is 17.3 Å². The molecular formula is C17H24N2O3. The van der Waals surface area contributed by atoms with Crippen molar-refractivity contribution in [1.29, 1.82) is 0 Å². The Morgan fingerprint density at radius 3 is 2.55 bits per heavy atom. The molecule has 5 heteroatoms. The minimum absolute atomic E-state index is 0.00188. The molecule has 120 valence electrons. The van der Waals surface area contributed by atoms with Gasteiger partial charge < -0.3 is 14.9 Å². The Hall–Kier alpha value is -1.36. The molecular weight excluding hydrogens is 280 g/mol. The number of carbonyl (C=O) groups excluding carboxylic acids is 1. The van der Waals surface area contributed by atoms with E-state index in [-0.39, 0.29) is 11.3 Å². The predicted molar refractivity (Wildman–Crippen MR) is 81.3 cm³/mol. The Bertz CT molecular complexity index is 588. The third-order valence-electron chi connectivity index (χ3n) is 5.98. The van der Waals surface area contributed by atoms with Crippen LogP contribution in [0, 0.1) is 31.1 Å². The topological polar surface area (TPSA) is 75.4 Å². The fourth-order valence-electron chi connectivity index (χ4n) is 5.79. The SMILES string of the molecule is Cc1noc(C)c1NC(=O)CC12C[C@H]3C[C@@H](CC(O)(C3)C1)C2. The molecule has 1 aromatic rings. The maximum Gasteiger partial charge on any atom is 0.225 e. The summed E-state index contributed by atoms with van der Waals surface area (Å²) in [5.41, 5.74) is 0.915. The van der Waals surface area contributed by atoms with E-state index in [1.807, 2.05) is 13.8 Å². The van der Waals surface area contributed by atoms with Crippen LogP contribution in [0.4, 0.5) is 5.69 Å². The molecule has 0 unspecified atom stereocenters. The lowest BCUT2D eigenvalue weighted by atomic mass is 9.47. The molecule has 4 aliphatic carbocycles. The average Bonchev–Trinajstić information content (AvgIpc) is 2.66. The lowest BCUT2D eigenvalue weighted by molar-refractivity contribution is -0.167. The molecule has 5 nitrogen and oxygen atoms in total. The highest BCUT2D eigenvalue weighted by molar-refractivity contribution is 5.92. The van der Waals surface area contributed by atoms with Crippen molar-refractivity contribution in [2.75, 3.05) is 5.32 Å². The maximum atomic E-state index is 12.5. The zero-order valence-electron chi connectivity index (χ0n) is 13.3. The van der Waals surface area contributed by atoms with Crippen molar-refractivity contribution in [3.63, 3.8) is 0 Å². The zero-order chi connectivity index (χ0) is 15.5. The Morgan fingerprint density at radius 2 is 2.00 bits per heavy atom. The van der Waals surface area contributed by atoms with E-state index >= 15 is 0 Å². The lowest BCUT2D eigenvalue weighted by Crippen LogP contribution is -2.56. The van der Waals surface area contributed by atoms with Gasteiger partial charge in [0.1, 0.15) is 11.4 Å². The summed E-state index contributed by atoms with van der Waals surface area (Å²) in [6.45, 7) is 3.64. The van der Waals surface area contributed by atoms with Crippen molar-refractivity contribution in [3.05, 3.63) is 11.5 Å². The number of nitrogens with one attached hydrogen (secondary N) is 1. The van der Waals surface area contributed by atoms with E-state index in [1.54, 1.807) is 0 Å². The van der Waals surface area contributed by atoms with Gasteiger partial charge in [0.2, 0.25) is 5.91 Å². The number of carbonyl (C=O) groups is 1. The molecule has 4 aliphatic rings. The van der Waals surface area contributed by atoms with Crippen LogP contribution in [0.5, 0.6) is 0 Å². The van der Waals surface area contributed by atoms with Crippen molar-refractivity contribution in [3.8, 4) is 0 Å². The first-order valence-corrected chi connectivity index (χ1v) is 8.32. The molecule has 1 amide bonds. The average molecular weight is 304 g/mol. The minimum Gasteiger partial charge on any atom is -0.390 e. The van der Waals surface area contributed by atoms with Crippen LogP contribution in [0.1, 0.15) is 56.4 Å². The molecule has 0 saturated heterocycles. The second-order valence-electron chi connectivity index (χ2n) is 8.11. The molecule has 4 saturated carbocycles. The predicted octanol–water partition coefficient (Wildman–Crippen LogP) is 2.95. The van der Waals surface area contributed by atoms with Gasteiger partial charge in [0.05, 0.1) is 5.60 Å². The summed E-state index contributed by atoms with van der Waals surface area (Å²) in [7, 11) is 0. The number of hydrogen-bond donors (Lipinski definition) is 2. The molecule has 1 heterocycles. The number of aromatic nitrogens is 1. The fourth-order valence-corrected chi connectivity index (χ4v) is 5.79. The van der Waals surface area contributed by atoms with Gasteiger partial charge in [0.25, 0.3) is 0 Å². The molecule has 0 aliphatic heterocycles. The Labute approximate surface area is 130 Å². The highest BCUT2D eigenvalue weighted by atomic mass is 16.5. The zero-order valence-corrected chi connectivity index (χ0v) is 13.3. The first-order valence-electron chi connectivity index (χ1n) is 8.32. The van der Waals surface area contributed by atoms with Crippen molar-refractivity contribution >= 4 is 11.6 Å². The summed E-state index contributed by atoms with van der Waals surface area (Å²) < 4.78 is 5.10. The van der Waals surface area contributed by atoms with E-state index in [1.165, 1.54) is 6.42 Å². The summed E-state index contributed by atoms with van der Waals surface area (Å²) in [5.74, 6) is 1.89. The molecule has 4 fully saturated rings. The normalized spacial score (nSPS) is 39.2. The molecule has 4 bridgehead atoms. The molecule has 1 aromatic heterocycles. The van der Waals surface area contributed by atoms with Gasteiger partial charge in [-0.2, -0.15) is 0 Å². The van der Waals surface area contributed by atoms with Gasteiger partial charge in [-0.3, -0.25) is 4.79 Å². The van der Waals surface area contributed by atoms with Gasteiger partial charge in [-0.25, -0.2) is 0 Å². The Kier molecular flexibility index (Phi) is 2.96. The van der Waals surface area contributed by atoms with Gasteiger partial charge in [0.15, 0.2) is 5.76 Å². The van der Waals surface area contributed by atoms with Crippen LogP contribution in [0.2, 0.25) is 0 Å². The Balaban J connectivity index is 1.50. The number of aryl methyl sites for hydroxylation is 2. The number of anilines is 1. The standard InChI is InChI=1S/C17H24N2O3/c1-10-15(11(2)22-19-10)18-14(20)8-16-4-12-3-13(5-16)7-17(21,6-12)9-16/h12-13,21H,3-9H2,1-2H3,(H,18,20)/t12-,13-,16?,17?/m1/s1. The highest BCUT2D eigenvalue weighted by Gasteiger charge is 2.57. The van der Waals surface area contributed by atoms with Crippen molar-refractivity contribution < 1.29 is 14.4 Å². The summed E-state index contributed by atoms with van der Waals surface area (Å²) in [4.78, 5) is 12.5. The monoisotopic (exact) mass is 304 g/mol. The van der Waals surface area contributed by atoms with Gasteiger partial charge in [-0.1, -0.05) is 5.16 Å². The summed E-state index contributed by atoms with van der Waals surface area (Å²) in [6.07, 6.45) is 6.62. The van der Waals surface area contributed by atoms with Crippen LogP contribution in [-0.4, -0.2) is 21.8 Å². The van der Waals surface area contributed by atoms with E-state index in [2.05, 4.69) is 10.5 Å². The molecule has 0 spiro atoms. The lowest BCUT2D eigenvalue weighted by Gasteiger charge is -2.60. The largest absolute Gasteiger partial charge is 0.390 e. The van der Waals surface area contributed by atoms with Crippen LogP contribution in [0.15, 0.2) is 4.52 Å². The summed E-state index contributed by atoms with van der Waals surface area (Å²) in [5, 5.41) is 17.6. The first kappa shape index (κ1) is 14.2. The van der Waals surface area contributed by atoms with Crippen LogP contribution in [0.3, 0.4) is 0 Å². The number of aliphatic hydroxyl groups is 1. The molecule has 0 aromatic carbocycles. The number of amides is 1. The summed E-state index contributed by atoms with van der Waals surface area (Å²) in [6, 6.07) is 0. The van der Waals surface area contributed by atoms with Crippen LogP contribution >= 0.6 is 0 Å². The maximum absolute atomic E-state index is 12.5. The van der Waals surface area contributed by atoms with E-state index in [0.717, 1.165) is 37.8 Å². The second-order valence-corrected chi connectivity index (χ2v) is 8.11. The molecule has 2 atom stereocenters. The minimum atomic E-state index is -0.507. The van der Waals surface area contributed by atoms with Crippen molar-refractivity contribution in [1.82, 2.24) is 5.16 Å². The Morgan fingerprint density at radius 1 is 1.32 bits per heavy atom. The van der Waals surface area contributed by atoms with Crippen LogP contribution in [0.25, 0.3) is 0 Å². The number of rotatable bonds is 3. The third-order valence-corrected chi connectivity index (χ3v) is 5.98. The molecule has 5 rings (SSSR count). The first-order chi connectivity index (χ1) is 10.4. The second kappa shape index (κ2) is 4.57. The van der Waals surface area contributed by atoms with Crippen molar-refractivity contribution in [2.45, 2.75) is 64.4 Å². The molecule has 22 heavy (non-hydrogen) atoms. The van der Waals surface area contributed by atoms with Gasteiger partial charge in [-0.05, 0) is 69.6 Å². The fraction of sp³-hybridized carbons (Fsp3) is 0.765. The highest BCUT2D eigenvalue weighted by Crippen LogP contribution is 2.62. The van der Waals surface area contributed by atoms with Gasteiger partial charge in [0, 0.05) is 6.42 Å². The molecule has 0 radical (unpaired) electrons. The van der Waals surface area contributed by atoms with Crippen LogP contribution < -0.4 is 5.32 Å². The van der Waals surface area contributed by atoms with E-state index < -0.39 is 5.60 Å². The quantitative estimate of drug-likeness (QED) is 0.900. The summed E-state index contributed by atoms with van der Waals surface area (Å²) >= 11 is 0. The smallest absolute Gasteiger partial charge is 0.225 e. The third kappa shape index (κ3) is 2.26. The van der Waals surface area contributed by atoms with Gasteiger partial charge in [-0.15, -0.1) is 0 Å². The van der Waals surface area contributed by atoms with Gasteiger partial charge >= 0.3 is 0 Å².